The number of nitrogens with two attached hydrogens (primary N) is 1. The van der Waals surface area contributed by atoms with Gasteiger partial charge in [0.15, 0.2) is 0 Å². The van der Waals surface area contributed by atoms with E-state index in [0.29, 0.717) is 31.2 Å². The average Bonchev–Trinajstić information content (AvgIpc) is 2.32. The Balaban J connectivity index is 2.50. The summed E-state index contributed by atoms with van der Waals surface area (Å²) >= 11 is 0. The first kappa shape index (κ1) is 14.2. The minimum atomic E-state index is 0.500. The molecule has 6 nitrogen and oxygen atoms in total. The number of nitrogens with zero attached hydrogens (tertiary/aromatic N) is 2. The van der Waals surface area contributed by atoms with E-state index in [0.717, 1.165) is 0 Å². The van der Waals surface area contributed by atoms with Gasteiger partial charge in [-0.2, -0.15) is 0 Å². The van der Waals surface area contributed by atoms with Crippen molar-refractivity contribution in [3.05, 3.63) is 0 Å². The van der Waals surface area contributed by atoms with Crippen molar-refractivity contribution in [2.24, 2.45) is 10.8 Å². The molecule has 1 fully saturated rings. The van der Waals surface area contributed by atoms with Gasteiger partial charge in [-0.3, -0.25) is 10.9 Å². The second-order valence-corrected chi connectivity index (χ2v) is 4.52. The van der Waals surface area contributed by atoms with Gasteiger partial charge in [0.1, 0.15) is 0 Å². The fourth-order valence-electron chi connectivity index (χ4n) is 2.13. The van der Waals surface area contributed by atoms with E-state index in [1.807, 2.05) is 0 Å². The summed E-state index contributed by atoms with van der Waals surface area (Å²) in [5.41, 5.74) is 5.85. The zero-order chi connectivity index (χ0) is 12.7. The maximum atomic E-state index is 5.45. The molecule has 1 rings (SSSR count). The molecule has 1 saturated heterocycles. The highest BCUT2D eigenvalue weighted by Gasteiger charge is 2.25. The van der Waals surface area contributed by atoms with Gasteiger partial charge < -0.3 is 4.74 Å². The lowest BCUT2D eigenvalue weighted by molar-refractivity contribution is 0.0723. The van der Waals surface area contributed by atoms with E-state index in [1.165, 1.54) is 19.3 Å². The molecule has 0 aromatic heterocycles. The van der Waals surface area contributed by atoms with Crippen LogP contribution in [0.3, 0.4) is 0 Å². The Kier molecular flexibility index (Phi) is 6.25. The fraction of sp³-hybridized carbons (Fsp3) is 0.909. The molecule has 0 aromatic rings. The maximum absolute atomic E-state index is 5.45. The number of hydrazine groups is 2. The molecule has 0 aromatic carbocycles. The number of hydrogen-bond acceptors (Lipinski definition) is 4. The summed E-state index contributed by atoms with van der Waals surface area (Å²) in [7, 11) is 1.66. The van der Waals surface area contributed by atoms with Crippen molar-refractivity contribution in [2.45, 2.75) is 45.2 Å². The molecule has 2 unspecified atom stereocenters. The summed E-state index contributed by atoms with van der Waals surface area (Å²) in [6.45, 7) is 5.62. The van der Waals surface area contributed by atoms with Crippen molar-refractivity contribution in [3.8, 4) is 0 Å². The van der Waals surface area contributed by atoms with Crippen molar-refractivity contribution in [2.75, 3.05) is 20.3 Å². The van der Waals surface area contributed by atoms with E-state index in [-0.39, 0.29) is 0 Å². The largest absolute Gasteiger partial charge is 0.383 e. The third-order valence-corrected chi connectivity index (χ3v) is 3.13. The van der Waals surface area contributed by atoms with Gasteiger partial charge in [0.25, 0.3) is 0 Å². The van der Waals surface area contributed by atoms with Crippen molar-refractivity contribution in [1.29, 1.82) is 0 Å². The maximum Gasteiger partial charge on any atom is 0.220 e. The van der Waals surface area contributed by atoms with E-state index in [1.54, 1.807) is 7.11 Å². The number of methoxy groups -OCH3 is 1. The Morgan fingerprint density at radius 1 is 1.41 bits per heavy atom. The normalized spacial score (nSPS) is 26.9. The zero-order valence-corrected chi connectivity index (χ0v) is 11.1. The molecule has 0 aliphatic carbocycles. The molecule has 0 amide bonds. The monoisotopic (exact) mass is 243 g/mol. The first-order chi connectivity index (χ1) is 8.19. The Labute approximate surface area is 104 Å². The lowest BCUT2D eigenvalue weighted by Gasteiger charge is -2.39. The van der Waals surface area contributed by atoms with Gasteiger partial charge in [-0.25, -0.2) is 15.8 Å². The van der Waals surface area contributed by atoms with Crippen LogP contribution in [0.1, 0.15) is 33.1 Å². The molecule has 0 radical (unpaired) electrons. The molecule has 100 valence electrons. The molecular formula is C11H25N5O. The Morgan fingerprint density at radius 2 is 2.06 bits per heavy atom. The van der Waals surface area contributed by atoms with Gasteiger partial charge in [-0.1, -0.05) is 6.42 Å². The Bertz CT molecular complexity index is 236. The Hall–Kier alpha value is -0.850. The molecular weight excluding hydrogens is 218 g/mol. The molecule has 6 heteroatoms. The molecule has 0 bridgehead atoms. The lowest BCUT2D eigenvalue weighted by Crippen LogP contribution is -2.58. The predicted octanol–water partition coefficient (Wildman–Crippen LogP) is 0.220. The van der Waals surface area contributed by atoms with E-state index in [2.05, 4.69) is 34.7 Å². The summed E-state index contributed by atoms with van der Waals surface area (Å²) in [6, 6.07) is 0.999. The molecule has 1 heterocycles. The number of nitrogens with one attached hydrogen (secondary N) is 2. The Morgan fingerprint density at radius 3 is 2.59 bits per heavy atom. The molecule has 1 aliphatic heterocycles. The fourth-order valence-corrected chi connectivity index (χ4v) is 2.13. The number of aliphatic imine (C=N–C) groups is 1. The first-order valence-corrected chi connectivity index (χ1v) is 6.24. The number of ether oxygens (including phenoxy) is 1. The highest BCUT2D eigenvalue weighted by molar-refractivity contribution is 5.78. The highest BCUT2D eigenvalue weighted by atomic mass is 16.5. The smallest absolute Gasteiger partial charge is 0.220 e. The topological polar surface area (TPSA) is 74.9 Å². The molecule has 2 atom stereocenters. The summed E-state index contributed by atoms with van der Waals surface area (Å²) in [5, 5.41) is 2.22. The van der Waals surface area contributed by atoms with Gasteiger partial charge in [0, 0.05) is 19.2 Å². The van der Waals surface area contributed by atoms with Crippen molar-refractivity contribution in [3.63, 3.8) is 0 Å². The van der Waals surface area contributed by atoms with Crippen LogP contribution >= 0.6 is 0 Å². The van der Waals surface area contributed by atoms with Crippen LogP contribution in [0.25, 0.3) is 0 Å². The van der Waals surface area contributed by atoms with Crippen LogP contribution in [0.2, 0.25) is 0 Å². The van der Waals surface area contributed by atoms with Crippen molar-refractivity contribution < 1.29 is 4.74 Å². The van der Waals surface area contributed by atoms with Gasteiger partial charge >= 0.3 is 0 Å². The molecule has 0 saturated carbocycles. The number of guanidine groups is 1. The molecule has 0 spiro atoms. The first-order valence-electron chi connectivity index (χ1n) is 6.24. The third-order valence-electron chi connectivity index (χ3n) is 3.13. The van der Waals surface area contributed by atoms with Gasteiger partial charge in [0.05, 0.1) is 13.2 Å². The summed E-state index contributed by atoms with van der Waals surface area (Å²) in [6.07, 6.45) is 3.69. The number of rotatable bonds is 4. The van der Waals surface area contributed by atoms with Crippen LogP contribution in [0.5, 0.6) is 0 Å². The third kappa shape index (κ3) is 4.49. The van der Waals surface area contributed by atoms with Crippen LogP contribution in [0.15, 0.2) is 4.99 Å². The minimum Gasteiger partial charge on any atom is -0.383 e. The lowest BCUT2D eigenvalue weighted by atomic mass is 10.00. The summed E-state index contributed by atoms with van der Waals surface area (Å²) in [4.78, 5) is 4.30. The van der Waals surface area contributed by atoms with Crippen LogP contribution < -0.4 is 16.7 Å². The van der Waals surface area contributed by atoms with E-state index in [4.69, 9.17) is 10.6 Å². The van der Waals surface area contributed by atoms with Crippen molar-refractivity contribution >= 4 is 5.96 Å². The number of piperidine rings is 1. The summed E-state index contributed by atoms with van der Waals surface area (Å²) in [5.74, 6) is 6.05. The SMILES string of the molecule is COCCN=C(NN)NN1C(C)CCCC1C. The van der Waals surface area contributed by atoms with Crippen LogP contribution in [-0.2, 0) is 4.74 Å². The quantitative estimate of drug-likeness (QED) is 0.216. The standard InChI is InChI=1S/C11H25N5O/c1-9-5-4-6-10(2)16(9)15-11(14-12)13-7-8-17-3/h9-10H,4-8,12H2,1-3H3,(H2,13,14,15). The second kappa shape index (κ2) is 7.47. The minimum absolute atomic E-state index is 0.500. The van der Waals surface area contributed by atoms with E-state index < -0.39 is 0 Å². The predicted molar refractivity (Wildman–Crippen MR) is 69.3 cm³/mol. The zero-order valence-electron chi connectivity index (χ0n) is 11.1. The van der Waals surface area contributed by atoms with Gasteiger partial charge in [0.2, 0.25) is 5.96 Å². The van der Waals surface area contributed by atoms with Gasteiger partial charge in [-0.15, -0.1) is 0 Å². The molecule has 4 N–H and O–H groups in total. The van der Waals surface area contributed by atoms with Crippen LogP contribution in [0, 0.1) is 0 Å². The average molecular weight is 243 g/mol. The van der Waals surface area contributed by atoms with Crippen molar-refractivity contribution in [1.82, 2.24) is 15.9 Å². The molecule has 1 aliphatic rings. The molecule has 17 heavy (non-hydrogen) atoms. The second-order valence-electron chi connectivity index (χ2n) is 4.52. The number of hydrogen-bond donors (Lipinski definition) is 3. The van der Waals surface area contributed by atoms with E-state index >= 15 is 0 Å². The van der Waals surface area contributed by atoms with Crippen LogP contribution in [0.4, 0.5) is 0 Å². The summed E-state index contributed by atoms with van der Waals surface area (Å²) < 4.78 is 4.95. The van der Waals surface area contributed by atoms with Crippen LogP contribution in [-0.4, -0.2) is 43.3 Å². The highest BCUT2D eigenvalue weighted by Crippen LogP contribution is 2.19. The van der Waals surface area contributed by atoms with E-state index in [9.17, 15) is 0 Å². The van der Waals surface area contributed by atoms with Gasteiger partial charge in [-0.05, 0) is 26.7 Å².